The fourth-order valence-corrected chi connectivity index (χ4v) is 3.81. The van der Waals surface area contributed by atoms with Crippen LogP contribution in [0.25, 0.3) is 0 Å². The van der Waals surface area contributed by atoms with Gasteiger partial charge in [0.25, 0.3) is 0 Å². The number of hydrogen-bond donors (Lipinski definition) is 2. The number of benzene rings is 1. The molecule has 1 aliphatic carbocycles. The number of anilines is 1. The van der Waals surface area contributed by atoms with Crippen molar-refractivity contribution in [3.63, 3.8) is 0 Å². The van der Waals surface area contributed by atoms with Crippen LogP contribution in [-0.2, 0) is 17.6 Å². The van der Waals surface area contributed by atoms with Gasteiger partial charge in [0.1, 0.15) is 0 Å². The van der Waals surface area contributed by atoms with Crippen LogP contribution in [0.5, 0.6) is 0 Å². The van der Waals surface area contributed by atoms with Crippen molar-refractivity contribution >= 4 is 35.6 Å². The molecule has 0 saturated carbocycles. The summed E-state index contributed by atoms with van der Waals surface area (Å²) in [5, 5.41) is 3.34. The average Bonchev–Trinajstić information content (AvgIpc) is 2.61. The van der Waals surface area contributed by atoms with Gasteiger partial charge in [0.2, 0.25) is 0 Å². The molecule has 0 radical (unpaired) electrons. The maximum atomic E-state index is 6.20. The number of nitrogens with one attached hydrogen (secondary N) is 1. The number of fused-ring (bicyclic) bond motifs is 1. The topological polar surface area (TPSA) is 62.9 Å². The van der Waals surface area contributed by atoms with Crippen LogP contribution in [-0.4, -0.2) is 50.3 Å². The average molecular weight is 458 g/mol. The van der Waals surface area contributed by atoms with E-state index in [9.17, 15) is 0 Å². The summed E-state index contributed by atoms with van der Waals surface area (Å²) in [4.78, 5) is 6.95. The second-order valence-electron chi connectivity index (χ2n) is 7.21. The lowest BCUT2D eigenvalue weighted by Crippen LogP contribution is -2.51. The molecule has 0 aromatic heterocycles. The van der Waals surface area contributed by atoms with E-state index >= 15 is 0 Å². The number of hydrogen-bond acceptors (Lipinski definition) is 3. The highest BCUT2D eigenvalue weighted by atomic mass is 127. The van der Waals surface area contributed by atoms with E-state index in [1.165, 1.54) is 30.4 Å². The van der Waals surface area contributed by atoms with E-state index in [2.05, 4.69) is 47.5 Å². The van der Waals surface area contributed by atoms with Crippen molar-refractivity contribution in [2.45, 2.75) is 44.1 Å². The number of halogens is 1. The minimum Gasteiger partial charge on any atom is -0.381 e. The Hall–Kier alpha value is -0.860. The van der Waals surface area contributed by atoms with Gasteiger partial charge in [0, 0.05) is 24.4 Å². The lowest BCUT2D eigenvalue weighted by Gasteiger charge is -2.41. The summed E-state index contributed by atoms with van der Waals surface area (Å²) in [6, 6.07) is 6.46. The van der Waals surface area contributed by atoms with Crippen LogP contribution < -0.4 is 11.1 Å². The SMILES string of the molecule is CN(C)C1(CN=C(N)Nc2cccc3c2CCCC3)CCOCC1.I. The van der Waals surface area contributed by atoms with Crippen LogP contribution in [0.1, 0.15) is 36.8 Å². The molecule has 1 aromatic carbocycles. The van der Waals surface area contributed by atoms with Crippen LogP contribution in [0.15, 0.2) is 23.2 Å². The third-order valence-corrected chi connectivity index (χ3v) is 5.57. The van der Waals surface area contributed by atoms with Crippen molar-refractivity contribution in [1.82, 2.24) is 4.90 Å². The molecule has 1 aromatic rings. The highest BCUT2D eigenvalue weighted by molar-refractivity contribution is 14.0. The Balaban J connectivity index is 0.00000225. The Morgan fingerprint density at radius 3 is 2.68 bits per heavy atom. The van der Waals surface area contributed by atoms with Gasteiger partial charge >= 0.3 is 0 Å². The molecule has 0 amide bonds. The Bertz CT molecular complexity index is 597. The van der Waals surface area contributed by atoms with Crippen molar-refractivity contribution in [2.24, 2.45) is 10.7 Å². The Morgan fingerprint density at radius 2 is 1.96 bits per heavy atom. The molecule has 0 bridgehead atoms. The molecule has 0 atom stereocenters. The summed E-state index contributed by atoms with van der Waals surface area (Å²) in [5.41, 5.74) is 10.2. The molecule has 2 aliphatic rings. The Labute approximate surface area is 168 Å². The number of nitrogens with zero attached hydrogens (tertiary/aromatic N) is 2. The van der Waals surface area contributed by atoms with E-state index in [0.29, 0.717) is 12.5 Å². The number of nitrogens with two attached hydrogens (primary N) is 1. The molecule has 5 nitrogen and oxygen atoms in total. The lowest BCUT2D eigenvalue weighted by molar-refractivity contribution is -0.00249. The van der Waals surface area contributed by atoms with Gasteiger partial charge in [-0.2, -0.15) is 0 Å². The van der Waals surface area contributed by atoms with Crippen LogP contribution in [0, 0.1) is 0 Å². The molecule has 140 valence electrons. The first-order chi connectivity index (χ1) is 11.6. The van der Waals surface area contributed by atoms with Crippen molar-refractivity contribution < 1.29 is 4.74 Å². The first-order valence-electron chi connectivity index (χ1n) is 9.04. The van der Waals surface area contributed by atoms with Gasteiger partial charge in [-0.1, -0.05) is 12.1 Å². The van der Waals surface area contributed by atoms with Gasteiger partial charge in [-0.25, -0.2) is 0 Å². The zero-order chi connectivity index (χ0) is 17.0. The van der Waals surface area contributed by atoms with Crippen molar-refractivity contribution in [3.05, 3.63) is 29.3 Å². The van der Waals surface area contributed by atoms with Crippen LogP contribution in [0.2, 0.25) is 0 Å². The van der Waals surface area contributed by atoms with E-state index in [1.807, 2.05) is 0 Å². The number of aryl methyl sites for hydroxylation is 1. The molecule has 1 saturated heterocycles. The summed E-state index contributed by atoms with van der Waals surface area (Å²) in [7, 11) is 4.25. The molecule has 0 unspecified atom stereocenters. The molecule has 6 heteroatoms. The minimum atomic E-state index is 0. The largest absolute Gasteiger partial charge is 0.381 e. The predicted octanol–water partition coefficient (Wildman–Crippen LogP) is 3.02. The van der Waals surface area contributed by atoms with E-state index in [0.717, 1.165) is 38.2 Å². The number of aliphatic imine (C=N–C) groups is 1. The monoisotopic (exact) mass is 458 g/mol. The number of ether oxygens (including phenoxy) is 1. The second kappa shape index (κ2) is 9.19. The number of rotatable bonds is 4. The molecule has 1 heterocycles. The van der Waals surface area contributed by atoms with Crippen LogP contribution >= 0.6 is 24.0 Å². The van der Waals surface area contributed by atoms with E-state index in [-0.39, 0.29) is 29.5 Å². The minimum absolute atomic E-state index is 0. The van der Waals surface area contributed by atoms with Crippen LogP contribution in [0.3, 0.4) is 0 Å². The summed E-state index contributed by atoms with van der Waals surface area (Å²) >= 11 is 0. The Kier molecular flexibility index (Phi) is 7.51. The summed E-state index contributed by atoms with van der Waals surface area (Å²) < 4.78 is 5.52. The molecule has 0 spiro atoms. The van der Waals surface area contributed by atoms with Crippen molar-refractivity contribution in [2.75, 3.05) is 39.2 Å². The number of likely N-dealkylation sites (N-methyl/N-ethyl adjacent to an activating group) is 1. The van der Waals surface area contributed by atoms with Gasteiger partial charge in [-0.05, 0) is 69.8 Å². The fourth-order valence-electron chi connectivity index (χ4n) is 3.81. The molecule has 3 rings (SSSR count). The van der Waals surface area contributed by atoms with Gasteiger partial charge in [0.05, 0.1) is 6.54 Å². The summed E-state index contributed by atoms with van der Waals surface area (Å²) in [6.45, 7) is 2.30. The standard InChI is InChI=1S/C19H30N4O.HI/c1-23(2)19(10-12-24-13-11-19)14-21-18(20)22-17-9-5-7-15-6-3-4-8-16(15)17;/h5,7,9H,3-4,6,8,10-14H2,1-2H3,(H3,20,21,22);1H. The van der Waals surface area contributed by atoms with Crippen molar-refractivity contribution in [3.8, 4) is 0 Å². The normalized spacial score (nSPS) is 19.9. The zero-order valence-electron chi connectivity index (χ0n) is 15.4. The molecule has 25 heavy (non-hydrogen) atoms. The summed E-state index contributed by atoms with van der Waals surface area (Å²) in [6.07, 6.45) is 6.84. The van der Waals surface area contributed by atoms with E-state index < -0.39 is 0 Å². The predicted molar refractivity (Wildman–Crippen MR) is 115 cm³/mol. The van der Waals surface area contributed by atoms with Crippen molar-refractivity contribution in [1.29, 1.82) is 0 Å². The lowest BCUT2D eigenvalue weighted by atomic mass is 9.89. The fraction of sp³-hybridized carbons (Fsp3) is 0.632. The maximum Gasteiger partial charge on any atom is 0.193 e. The summed E-state index contributed by atoms with van der Waals surface area (Å²) in [5.74, 6) is 0.515. The molecular weight excluding hydrogens is 427 g/mol. The molecule has 1 fully saturated rings. The highest BCUT2D eigenvalue weighted by Crippen LogP contribution is 2.28. The zero-order valence-corrected chi connectivity index (χ0v) is 17.7. The van der Waals surface area contributed by atoms with Gasteiger partial charge in [-0.15, -0.1) is 24.0 Å². The third kappa shape index (κ3) is 4.86. The highest BCUT2D eigenvalue weighted by Gasteiger charge is 2.34. The third-order valence-electron chi connectivity index (χ3n) is 5.57. The van der Waals surface area contributed by atoms with E-state index in [1.54, 1.807) is 0 Å². The molecular formula is C19H31IN4O. The van der Waals surface area contributed by atoms with Gasteiger partial charge in [-0.3, -0.25) is 4.99 Å². The van der Waals surface area contributed by atoms with Gasteiger partial charge < -0.3 is 20.7 Å². The van der Waals surface area contributed by atoms with E-state index in [4.69, 9.17) is 10.5 Å². The quantitative estimate of drug-likeness (QED) is 0.414. The first-order valence-corrected chi connectivity index (χ1v) is 9.04. The van der Waals surface area contributed by atoms with Gasteiger partial charge in [0.15, 0.2) is 5.96 Å². The van der Waals surface area contributed by atoms with Crippen LogP contribution in [0.4, 0.5) is 5.69 Å². The molecule has 1 aliphatic heterocycles. The number of guanidine groups is 1. The first kappa shape index (κ1) is 20.5. The smallest absolute Gasteiger partial charge is 0.193 e. The second-order valence-corrected chi connectivity index (χ2v) is 7.21. The molecule has 3 N–H and O–H groups in total. The Morgan fingerprint density at radius 1 is 1.24 bits per heavy atom. The maximum absolute atomic E-state index is 6.20.